The first-order chi connectivity index (χ1) is 8.97. The zero-order chi connectivity index (χ0) is 14.0. The Labute approximate surface area is 134 Å². The smallest absolute Gasteiger partial charge is 0.113 e. The molecule has 2 rings (SSSR count). The van der Waals surface area contributed by atoms with E-state index < -0.39 is 6.10 Å². The van der Waals surface area contributed by atoms with Crippen LogP contribution >= 0.6 is 43.2 Å². The summed E-state index contributed by atoms with van der Waals surface area (Å²) in [5, 5.41) is 10.5. The SMILES string of the molecule is CC(C)Cc1cccc(C(O)c2cc(Br)c(Br)s2)c1. The van der Waals surface area contributed by atoms with Crippen molar-refractivity contribution in [2.45, 2.75) is 26.4 Å². The minimum atomic E-state index is -0.556. The molecule has 0 aliphatic heterocycles. The molecule has 1 N–H and O–H groups in total. The Morgan fingerprint density at radius 2 is 1.95 bits per heavy atom. The van der Waals surface area contributed by atoms with E-state index in [9.17, 15) is 5.11 Å². The molecule has 4 heteroatoms. The Hall–Kier alpha value is -0.160. The van der Waals surface area contributed by atoms with Gasteiger partial charge in [0.25, 0.3) is 0 Å². The molecule has 19 heavy (non-hydrogen) atoms. The summed E-state index contributed by atoms with van der Waals surface area (Å²) in [6.07, 6.45) is 0.484. The van der Waals surface area contributed by atoms with Crippen molar-refractivity contribution in [2.75, 3.05) is 0 Å². The van der Waals surface area contributed by atoms with Crippen LogP contribution in [-0.4, -0.2) is 5.11 Å². The average Bonchev–Trinajstić information content (AvgIpc) is 2.68. The van der Waals surface area contributed by atoms with Crippen LogP contribution in [0.5, 0.6) is 0 Å². The second kappa shape index (κ2) is 6.53. The quantitative estimate of drug-likeness (QED) is 0.708. The van der Waals surface area contributed by atoms with Crippen molar-refractivity contribution in [3.05, 3.63) is 54.6 Å². The van der Waals surface area contributed by atoms with Crippen molar-refractivity contribution >= 4 is 43.2 Å². The summed E-state index contributed by atoms with van der Waals surface area (Å²) in [5.41, 5.74) is 2.24. The fraction of sp³-hybridized carbons (Fsp3) is 0.333. The molecule has 1 aromatic heterocycles. The highest BCUT2D eigenvalue weighted by molar-refractivity contribution is 9.13. The number of rotatable bonds is 4. The summed E-state index contributed by atoms with van der Waals surface area (Å²) in [5.74, 6) is 0.623. The van der Waals surface area contributed by atoms with E-state index in [0.717, 1.165) is 25.1 Å². The summed E-state index contributed by atoms with van der Waals surface area (Å²) in [7, 11) is 0. The van der Waals surface area contributed by atoms with Gasteiger partial charge in [-0.1, -0.05) is 38.1 Å². The van der Waals surface area contributed by atoms with E-state index in [2.05, 4.69) is 57.8 Å². The molecule has 0 saturated heterocycles. The summed E-state index contributed by atoms with van der Waals surface area (Å²) < 4.78 is 2.00. The van der Waals surface area contributed by atoms with E-state index >= 15 is 0 Å². The number of aliphatic hydroxyl groups is 1. The van der Waals surface area contributed by atoms with Crippen molar-refractivity contribution in [2.24, 2.45) is 5.92 Å². The molecule has 102 valence electrons. The lowest BCUT2D eigenvalue weighted by Gasteiger charge is -2.11. The van der Waals surface area contributed by atoms with Crippen LogP contribution in [0.3, 0.4) is 0 Å². The normalized spacial score (nSPS) is 12.9. The number of hydrogen-bond acceptors (Lipinski definition) is 2. The lowest BCUT2D eigenvalue weighted by molar-refractivity contribution is 0.224. The minimum Gasteiger partial charge on any atom is -0.383 e. The van der Waals surface area contributed by atoms with Crippen molar-refractivity contribution in [3.63, 3.8) is 0 Å². The largest absolute Gasteiger partial charge is 0.383 e. The van der Waals surface area contributed by atoms with Crippen LogP contribution in [0, 0.1) is 5.92 Å². The molecule has 1 aromatic carbocycles. The highest BCUT2D eigenvalue weighted by Crippen LogP contribution is 2.37. The molecule has 0 fully saturated rings. The highest BCUT2D eigenvalue weighted by atomic mass is 79.9. The summed E-state index contributed by atoms with van der Waals surface area (Å²) in [6, 6.07) is 10.2. The van der Waals surface area contributed by atoms with Gasteiger partial charge in [-0.25, -0.2) is 0 Å². The number of halogens is 2. The lowest BCUT2D eigenvalue weighted by atomic mass is 9.99. The highest BCUT2D eigenvalue weighted by Gasteiger charge is 2.15. The zero-order valence-electron chi connectivity index (χ0n) is 10.9. The van der Waals surface area contributed by atoms with Crippen molar-refractivity contribution in [3.8, 4) is 0 Å². The number of aliphatic hydroxyl groups excluding tert-OH is 1. The maximum Gasteiger partial charge on any atom is 0.113 e. The molecule has 0 aliphatic carbocycles. The molecule has 0 radical (unpaired) electrons. The Morgan fingerprint density at radius 1 is 1.21 bits per heavy atom. The fourth-order valence-corrected chi connectivity index (χ4v) is 4.13. The Kier molecular flexibility index (Phi) is 5.23. The third-order valence-electron chi connectivity index (χ3n) is 2.84. The topological polar surface area (TPSA) is 20.2 Å². The van der Waals surface area contributed by atoms with Crippen LogP contribution in [0.4, 0.5) is 0 Å². The van der Waals surface area contributed by atoms with Crippen LogP contribution < -0.4 is 0 Å². The molecular formula is C15H16Br2OS. The molecule has 1 unspecified atom stereocenters. The Balaban J connectivity index is 2.25. The van der Waals surface area contributed by atoms with Gasteiger partial charge < -0.3 is 5.11 Å². The molecule has 0 aliphatic rings. The lowest BCUT2D eigenvalue weighted by Crippen LogP contribution is -2.00. The van der Waals surface area contributed by atoms with Crippen LogP contribution in [0.25, 0.3) is 0 Å². The maximum absolute atomic E-state index is 10.5. The van der Waals surface area contributed by atoms with Crippen LogP contribution in [0.15, 0.2) is 38.6 Å². The van der Waals surface area contributed by atoms with Gasteiger partial charge in [0.05, 0.1) is 3.79 Å². The Morgan fingerprint density at radius 3 is 2.53 bits per heavy atom. The summed E-state index contributed by atoms with van der Waals surface area (Å²) >= 11 is 8.48. The van der Waals surface area contributed by atoms with Gasteiger partial charge in [0.15, 0.2) is 0 Å². The third-order valence-corrected chi connectivity index (χ3v) is 6.15. The fourth-order valence-electron chi connectivity index (χ4n) is 2.02. The first-order valence-corrected chi connectivity index (χ1v) is 8.59. The molecule has 1 nitrogen and oxygen atoms in total. The van der Waals surface area contributed by atoms with Crippen molar-refractivity contribution < 1.29 is 5.11 Å². The van der Waals surface area contributed by atoms with Gasteiger partial charge in [-0.3, -0.25) is 0 Å². The van der Waals surface area contributed by atoms with Gasteiger partial charge in [-0.2, -0.15) is 0 Å². The molecule has 2 aromatic rings. The monoisotopic (exact) mass is 402 g/mol. The van der Waals surface area contributed by atoms with Gasteiger partial charge in [-0.05, 0) is 61.4 Å². The third kappa shape index (κ3) is 3.91. The molecule has 1 heterocycles. The average molecular weight is 404 g/mol. The molecule has 1 atom stereocenters. The number of thiophene rings is 1. The molecular weight excluding hydrogens is 388 g/mol. The number of hydrogen-bond donors (Lipinski definition) is 1. The minimum absolute atomic E-state index is 0.556. The predicted octanol–water partition coefficient (Wildman–Crippen LogP) is 5.55. The predicted molar refractivity (Wildman–Crippen MR) is 88.8 cm³/mol. The van der Waals surface area contributed by atoms with Gasteiger partial charge in [0.2, 0.25) is 0 Å². The molecule has 0 spiro atoms. The van der Waals surface area contributed by atoms with Gasteiger partial charge in [0.1, 0.15) is 6.10 Å². The van der Waals surface area contributed by atoms with Gasteiger partial charge in [-0.15, -0.1) is 11.3 Å². The summed E-state index contributed by atoms with van der Waals surface area (Å²) in [4.78, 5) is 0.945. The van der Waals surface area contributed by atoms with Gasteiger partial charge >= 0.3 is 0 Å². The van der Waals surface area contributed by atoms with E-state index in [4.69, 9.17) is 0 Å². The van der Waals surface area contributed by atoms with E-state index in [1.807, 2.05) is 18.2 Å². The van der Waals surface area contributed by atoms with Gasteiger partial charge in [0, 0.05) is 9.35 Å². The van der Waals surface area contributed by atoms with E-state index in [1.54, 1.807) is 11.3 Å². The van der Waals surface area contributed by atoms with Crippen molar-refractivity contribution in [1.29, 1.82) is 0 Å². The van der Waals surface area contributed by atoms with E-state index in [1.165, 1.54) is 5.56 Å². The zero-order valence-corrected chi connectivity index (χ0v) is 14.8. The molecule has 0 bridgehead atoms. The van der Waals surface area contributed by atoms with Crippen molar-refractivity contribution in [1.82, 2.24) is 0 Å². The Bertz CT molecular complexity index is 544. The van der Waals surface area contributed by atoms with Crippen LogP contribution in [0.1, 0.15) is 36.0 Å². The molecule has 0 amide bonds. The first-order valence-electron chi connectivity index (χ1n) is 6.19. The second-order valence-electron chi connectivity index (χ2n) is 5.02. The van der Waals surface area contributed by atoms with E-state index in [0.29, 0.717) is 5.92 Å². The second-order valence-corrected chi connectivity index (χ2v) is 8.27. The van der Waals surface area contributed by atoms with Crippen LogP contribution in [-0.2, 0) is 6.42 Å². The van der Waals surface area contributed by atoms with E-state index in [-0.39, 0.29) is 0 Å². The molecule has 0 saturated carbocycles. The van der Waals surface area contributed by atoms with Crippen LogP contribution in [0.2, 0.25) is 0 Å². The first kappa shape index (κ1) is 15.2. The maximum atomic E-state index is 10.5. The standard InChI is InChI=1S/C15H16Br2OS/c1-9(2)6-10-4-3-5-11(7-10)14(18)13-8-12(16)15(17)19-13/h3-5,7-9,14,18H,6H2,1-2H3. The summed E-state index contributed by atoms with van der Waals surface area (Å²) in [6.45, 7) is 4.41. The number of benzene rings is 1.